The lowest BCUT2D eigenvalue weighted by atomic mass is 10.2. The molecule has 27 heavy (non-hydrogen) atoms. The van der Waals surface area contributed by atoms with E-state index in [2.05, 4.69) is 15.0 Å². The molecule has 0 spiro atoms. The molecule has 3 aromatic heterocycles. The molecule has 0 bridgehead atoms. The van der Waals surface area contributed by atoms with Gasteiger partial charge < -0.3 is 18.5 Å². The third kappa shape index (κ3) is 3.48. The summed E-state index contributed by atoms with van der Waals surface area (Å²) in [6.07, 6.45) is 4.26. The Hall–Kier alpha value is -3.35. The molecule has 0 atom stereocenters. The first-order valence-corrected chi connectivity index (χ1v) is 8.81. The maximum atomic E-state index is 5.69. The molecule has 3 heterocycles. The van der Waals surface area contributed by atoms with E-state index in [0.29, 0.717) is 41.8 Å². The van der Waals surface area contributed by atoms with Crippen LogP contribution in [0.5, 0.6) is 11.8 Å². The highest BCUT2D eigenvalue weighted by atomic mass is 16.5. The minimum Gasteiger partial charge on any atom is -0.497 e. The number of imidazole rings is 1. The van der Waals surface area contributed by atoms with Gasteiger partial charge in [0.25, 0.3) is 0 Å². The molecule has 0 aliphatic rings. The first-order chi connectivity index (χ1) is 13.3. The summed E-state index contributed by atoms with van der Waals surface area (Å²) < 4.78 is 18.4. The summed E-state index contributed by atoms with van der Waals surface area (Å²) in [4.78, 5) is 13.6. The molecule has 4 rings (SSSR count). The summed E-state index contributed by atoms with van der Waals surface area (Å²) in [6.45, 7) is 3.22. The van der Waals surface area contributed by atoms with Gasteiger partial charge in [0.1, 0.15) is 17.0 Å². The third-order valence-electron chi connectivity index (χ3n) is 4.15. The first kappa shape index (κ1) is 17.1. The topological polar surface area (TPSA) is 75.2 Å². The van der Waals surface area contributed by atoms with Crippen LogP contribution in [0.2, 0.25) is 0 Å². The Kier molecular flexibility index (Phi) is 4.74. The molecular weight excluding hydrogens is 344 g/mol. The molecule has 0 saturated heterocycles. The molecule has 0 aliphatic carbocycles. The minimum atomic E-state index is 0.326. The van der Waals surface area contributed by atoms with E-state index < -0.39 is 0 Å². The Bertz CT molecular complexity index is 1020. The average Bonchev–Trinajstić information content (AvgIpc) is 3.37. The van der Waals surface area contributed by atoms with Crippen molar-refractivity contribution in [3.63, 3.8) is 0 Å². The number of nitrogens with zero attached hydrogens (tertiary/aromatic N) is 4. The van der Waals surface area contributed by atoms with Gasteiger partial charge in [0, 0.05) is 0 Å². The molecule has 1 aromatic carbocycles. The van der Waals surface area contributed by atoms with Crippen LogP contribution in [0.1, 0.15) is 18.9 Å². The zero-order chi connectivity index (χ0) is 18.6. The quantitative estimate of drug-likeness (QED) is 0.494. The van der Waals surface area contributed by atoms with Crippen molar-refractivity contribution in [1.29, 1.82) is 0 Å². The number of benzene rings is 1. The number of hydrogen-bond acceptors (Lipinski definition) is 6. The summed E-state index contributed by atoms with van der Waals surface area (Å²) in [5.74, 6) is 1.46. The smallest absolute Gasteiger partial charge is 0.319 e. The van der Waals surface area contributed by atoms with E-state index in [9.17, 15) is 0 Å². The van der Waals surface area contributed by atoms with Gasteiger partial charge in [0.2, 0.25) is 0 Å². The first-order valence-electron chi connectivity index (χ1n) is 8.81. The van der Waals surface area contributed by atoms with E-state index in [4.69, 9.17) is 13.9 Å². The second kappa shape index (κ2) is 7.49. The Morgan fingerprint density at radius 3 is 2.67 bits per heavy atom. The highest BCUT2D eigenvalue weighted by Gasteiger charge is 2.17. The summed E-state index contributed by atoms with van der Waals surface area (Å²) in [5, 5.41) is 0. The van der Waals surface area contributed by atoms with Gasteiger partial charge in [0.15, 0.2) is 11.4 Å². The standard InChI is InChI=1S/C20H20N4O3/c1-3-10-27-20-22-17(16-5-4-11-26-16)18-19(23-20)24(13-21-18)12-14-6-8-15(25-2)9-7-14/h4-9,11,13H,3,10,12H2,1-2H3. The molecule has 138 valence electrons. The normalized spacial score (nSPS) is 11.0. The fourth-order valence-electron chi connectivity index (χ4n) is 2.81. The Labute approximate surface area is 156 Å². The van der Waals surface area contributed by atoms with Crippen LogP contribution in [-0.2, 0) is 6.54 Å². The van der Waals surface area contributed by atoms with Crippen molar-refractivity contribution >= 4 is 11.2 Å². The fraction of sp³-hybridized carbons (Fsp3) is 0.250. The van der Waals surface area contributed by atoms with Crippen LogP contribution >= 0.6 is 0 Å². The lowest BCUT2D eigenvalue weighted by Gasteiger charge is -2.08. The van der Waals surface area contributed by atoms with Gasteiger partial charge in [-0.05, 0) is 36.2 Å². The van der Waals surface area contributed by atoms with Crippen molar-refractivity contribution in [2.24, 2.45) is 0 Å². The predicted octanol–water partition coefficient (Wildman–Crippen LogP) is 3.93. The van der Waals surface area contributed by atoms with Crippen molar-refractivity contribution < 1.29 is 13.9 Å². The number of rotatable bonds is 7. The molecule has 0 aliphatic heterocycles. The monoisotopic (exact) mass is 364 g/mol. The maximum absolute atomic E-state index is 5.69. The molecule has 7 nitrogen and oxygen atoms in total. The van der Waals surface area contributed by atoms with Gasteiger partial charge in [-0.1, -0.05) is 19.1 Å². The Morgan fingerprint density at radius 1 is 1.11 bits per heavy atom. The number of methoxy groups -OCH3 is 1. The van der Waals surface area contributed by atoms with Gasteiger partial charge in [-0.3, -0.25) is 0 Å². The van der Waals surface area contributed by atoms with Gasteiger partial charge in [0.05, 0.1) is 32.9 Å². The van der Waals surface area contributed by atoms with Crippen LogP contribution in [-0.4, -0.2) is 33.2 Å². The summed E-state index contributed by atoms with van der Waals surface area (Å²) in [6, 6.07) is 11.9. The van der Waals surface area contributed by atoms with E-state index in [0.717, 1.165) is 17.7 Å². The van der Waals surface area contributed by atoms with E-state index in [-0.39, 0.29) is 0 Å². The fourth-order valence-corrected chi connectivity index (χ4v) is 2.81. The van der Waals surface area contributed by atoms with Gasteiger partial charge in [-0.25, -0.2) is 4.98 Å². The van der Waals surface area contributed by atoms with Gasteiger partial charge in [-0.15, -0.1) is 0 Å². The minimum absolute atomic E-state index is 0.326. The van der Waals surface area contributed by atoms with Gasteiger partial charge in [-0.2, -0.15) is 9.97 Å². The highest BCUT2D eigenvalue weighted by Crippen LogP contribution is 2.28. The molecule has 0 saturated carbocycles. The van der Waals surface area contributed by atoms with Crippen LogP contribution in [0, 0.1) is 0 Å². The number of furan rings is 1. The average molecular weight is 364 g/mol. The molecule has 7 heteroatoms. The zero-order valence-corrected chi connectivity index (χ0v) is 15.3. The van der Waals surface area contributed by atoms with E-state index in [1.165, 1.54) is 0 Å². The molecule has 0 N–H and O–H groups in total. The van der Waals surface area contributed by atoms with E-state index in [1.807, 2.05) is 47.9 Å². The van der Waals surface area contributed by atoms with E-state index >= 15 is 0 Å². The molecular formula is C20H20N4O3. The van der Waals surface area contributed by atoms with Crippen molar-refractivity contribution in [2.45, 2.75) is 19.9 Å². The van der Waals surface area contributed by atoms with Crippen LogP contribution in [0.15, 0.2) is 53.4 Å². The molecule has 0 fully saturated rings. The third-order valence-corrected chi connectivity index (χ3v) is 4.15. The second-order valence-corrected chi connectivity index (χ2v) is 6.07. The number of hydrogen-bond donors (Lipinski definition) is 0. The van der Waals surface area contributed by atoms with Crippen molar-refractivity contribution in [1.82, 2.24) is 19.5 Å². The molecule has 0 unspecified atom stereocenters. The van der Waals surface area contributed by atoms with Crippen molar-refractivity contribution in [2.75, 3.05) is 13.7 Å². The Morgan fingerprint density at radius 2 is 1.96 bits per heavy atom. The summed E-state index contributed by atoms with van der Waals surface area (Å²) in [7, 11) is 1.66. The lowest BCUT2D eigenvalue weighted by Crippen LogP contribution is -2.04. The molecule has 0 radical (unpaired) electrons. The van der Waals surface area contributed by atoms with E-state index in [1.54, 1.807) is 19.7 Å². The van der Waals surface area contributed by atoms with Crippen LogP contribution in [0.3, 0.4) is 0 Å². The summed E-state index contributed by atoms with van der Waals surface area (Å²) >= 11 is 0. The van der Waals surface area contributed by atoms with Crippen molar-refractivity contribution in [3.05, 3.63) is 54.6 Å². The predicted molar refractivity (Wildman–Crippen MR) is 101 cm³/mol. The van der Waals surface area contributed by atoms with Gasteiger partial charge >= 0.3 is 6.01 Å². The molecule has 0 amide bonds. The largest absolute Gasteiger partial charge is 0.497 e. The SMILES string of the molecule is CCCOc1nc(-c2ccco2)c2ncn(Cc3ccc(OC)cc3)c2n1. The van der Waals surface area contributed by atoms with Crippen molar-refractivity contribution in [3.8, 4) is 23.2 Å². The summed E-state index contributed by atoms with van der Waals surface area (Å²) in [5.41, 5.74) is 3.13. The van der Waals surface area contributed by atoms with Crippen LogP contribution < -0.4 is 9.47 Å². The number of ether oxygens (including phenoxy) is 2. The van der Waals surface area contributed by atoms with Crippen LogP contribution in [0.25, 0.3) is 22.6 Å². The Balaban J connectivity index is 1.76. The molecule has 4 aromatic rings. The highest BCUT2D eigenvalue weighted by molar-refractivity contribution is 5.86. The maximum Gasteiger partial charge on any atom is 0.319 e. The number of aromatic nitrogens is 4. The van der Waals surface area contributed by atoms with Crippen LogP contribution in [0.4, 0.5) is 0 Å². The number of fused-ring (bicyclic) bond motifs is 1. The zero-order valence-electron chi connectivity index (χ0n) is 15.3. The second-order valence-electron chi connectivity index (χ2n) is 6.07. The lowest BCUT2D eigenvalue weighted by molar-refractivity contribution is 0.293.